The van der Waals surface area contributed by atoms with Crippen LogP contribution in [-0.2, 0) is 0 Å². The summed E-state index contributed by atoms with van der Waals surface area (Å²) in [5.74, 6) is 6.77. The second-order valence-corrected chi connectivity index (χ2v) is 6.15. The highest BCUT2D eigenvalue weighted by Gasteiger charge is 2.18. The Morgan fingerprint density at radius 3 is 2.71 bits per heavy atom. The van der Waals surface area contributed by atoms with E-state index in [1.54, 1.807) is 0 Å². The number of aryl methyl sites for hydroxylation is 1. The Bertz CT molecular complexity index is 348. The molecule has 0 aliphatic heterocycles. The number of rotatable bonds is 5. The number of thioether (sulfide) groups is 1. The molecule has 2 rings (SSSR count). The first-order valence-corrected chi connectivity index (χ1v) is 7.49. The Kier molecular flexibility index (Phi) is 4.89. The maximum absolute atomic E-state index is 5.70. The molecule has 1 fully saturated rings. The minimum atomic E-state index is 0.279. The van der Waals surface area contributed by atoms with Crippen LogP contribution in [0.1, 0.15) is 42.9 Å². The quantitative estimate of drug-likeness (QED) is 0.622. The molecular formula is C14H22N2S. The first-order chi connectivity index (χ1) is 8.31. The molecule has 17 heavy (non-hydrogen) atoms. The van der Waals surface area contributed by atoms with Crippen molar-refractivity contribution < 1.29 is 0 Å². The molecule has 3 N–H and O–H groups in total. The zero-order valence-corrected chi connectivity index (χ0v) is 11.3. The minimum absolute atomic E-state index is 0.279. The minimum Gasteiger partial charge on any atom is -0.271 e. The molecule has 94 valence electrons. The van der Waals surface area contributed by atoms with Gasteiger partial charge in [0.15, 0.2) is 0 Å². The normalized spacial score (nSPS) is 18.5. The smallest absolute Gasteiger partial charge is 0.0553 e. The molecule has 1 atom stereocenters. The summed E-state index contributed by atoms with van der Waals surface area (Å²) in [6, 6.07) is 8.78. The standard InChI is InChI=1S/C14H22N2S/c1-11-6-2-5-9-13(11)14(16-15)10-17-12-7-3-4-8-12/h2,5-6,9,12,14,16H,3-4,7-8,10,15H2,1H3. The second-order valence-electron chi connectivity index (χ2n) is 4.82. The summed E-state index contributed by atoms with van der Waals surface area (Å²) in [5.41, 5.74) is 5.62. The Morgan fingerprint density at radius 1 is 1.35 bits per heavy atom. The number of hydrazine groups is 1. The van der Waals surface area contributed by atoms with Gasteiger partial charge in [-0.3, -0.25) is 11.3 Å². The molecule has 1 aliphatic rings. The first kappa shape index (κ1) is 12.9. The summed E-state index contributed by atoms with van der Waals surface area (Å²) in [7, 11) is 0. The molecule has 1 aromatic rings. The third kappa shape index (κ3) is 3.47. The average molecular weight is 250 g/mol. The van der Waals surface area contributed by atoms with Crippen molar-refractivity contribution in [3.05, 3.63) is 35.4 Å². The van der Waals surface area contributed by atoms with Crippen LogP contribution < -0.4 is 11.3 Å². The summed E-state index contributed by atoms with van der Waals surface area (Å²) < 4.78 is 0. The molecule has 0 bridgehead atoms. The zero-order chi connectivity index (χ0) is 12.1. The fourth-order valence-electron chi connectivity index (χ4n) is 2.49. The fraction of sp³-hybridized carbons (Fsp3) is 0.571. The van der Waals surface area contributed by atoms with Crippen molar-refractivity contribution in [1.29, 1.82) is 0 Å². The summed E-state index contributed by atoms with van der Waals surface area (Å²) in [6.07, 6.45) is 5.58. The molecule has 3 heteroatoms. The summed E-state index contributed by atoms with van der Waals surface area (Å²) >= 11 is 2.08. The van der Waals surface area contributed by atoms with Gasteiger partial charge in [-0.1, -0.05) is 37.1 Å². The van der Waals surface area contributed by atoms with Crippen molar-refractivity contribution in [3.63, 3.8) is 0 Å². The van der Waals surface area contributed by atoms with Gasteiger partial charge in [0.1, 0.15) is 0 Å². The number of hydrogen-bond donors (Lipinski definition) is 2. The van der Waals surface area contributed by atoms with Crippen LogP contribution in [0.5, 0.6) is 0 Å². The van der Waals surface area contributed by atoms with E-state index in [-0.39, 0.29) is 6.04 Å². The molecule has 0 radical (unpaired) electrons. The van der Waals surface area contributed by atoms with Gasteiger partial charge in [0, 0.05) is 11.0 Å². The predicted octanol–water partition coefficient (Wildman–Crippen LogP) is 3.18. The molecule has 1 unspecified atom stereocenters. The van der Waals surface area contributed by atoms with Crippen LogP contribution in [0.15, 0.2) is 24.3 Å². The van der Waals surface area contributed by atoms with E-state index >= 15 is 0 Å². The Hall–Kier alpha value is -0.510. The largest absolute Gasteiger partial charge is 0.271 e. The second kappa shape index (κ2) is 6.43. The Labute approximate surface area is 108 Å². The first-order valence-electron chi connectivity index (χ1n) is 6.44. The van der Waals surface area contributed by atoms with Crippen LogP contribution in [0.3, 0.4) is 0 Å². The number of hydrogen-bond acceptors (Lipinski definition) is 3. The third-order valence-electron chi connectivity index (χ3n) is 3.57. The van der Waals surface area contributed by atoms with Gasteiger partial charge in [0.05, 0.1) is 6.04 Å². The van der Waals surface area contributed by atoms with Crippen molar-refractivity contribution in [1.82, 2.24) is 5.43 Å². The maximum Gasteiger partial charge on any atom is 0.0553 e. The topological polar surface area (TPSA) is 38.0 Å². The number of benzene rings is 1. The van der Waals surface area contributed by atoms with Crippen LogP contribution in [0.2, 0.25) is 0 Å². The number of nitrogens with one attached hydrogen (secondary N) is 1. The van der Waals surface area contributed by atoms with E-state index in [9.17, 15) is 0 Å². The van der Waals surface area contributed by atoms with Crippen LogP contribution in [0.25, 0.3) is 0 Å². The van der Waals surface area contributed by atoms with Gasteiger partial charge in [-0.15, -0.1) is 0 Å². The van der Waals surface area contributed by atoms with Gasteiger partial charge in [-0.05, 0) is 30.9 Å². The summed E-state index contributed by atoms with van der Waals surface area (Å²) in [4.78, 5) is 0. The number of nitrogens with two attached hydrogens (primary N) is 1. The summed E-state index contributed by atoms with van der Waals surface area (Å²) in [6.45, 7) is 2.15. The van der Waals surface area contributed by atoms with Gasteiger partial charge in [0.2, 0.25) is 0 Å². The van der Waals surface area contributed by atoms with Crippen molar-refractivity contribution in [3.8, 4) is 0 Å². The zero-order valence-electron chi connectivity index (χ0n) is 10.5. The molecule has 2 nitrogen and oxygen atoms in total. The molecule has 1 aliphatic carbocycles. The van der Waals surface area contributed by atoms with E-state index in [0.29, 0.717) is 0 Å². The predicted molar refractivity (Wildman–Crippen MR) is 76.0 cm³/mol. The highest BCUT2D eigenvalue weighted by Crippen LogP contribution is 2.32. The molecule has 0 amide bonds. The van der Waals surface area contributed by atoms with Gasteiger partial charge in [-0.2, -0.15) is 11.8 Å². The fourth-order valence-corrected chi connectivity index (χ4v) is 3.90. The molecule has 0 saturated heterocycles. The molecular weight excluding hydrogens is 228 g/mol. The SMILES string of the molecule is Cc1ccccc1C(CSC1CCCC1)NN. The van der Waals surface area contributed by atoms with E-state index in [0.717, 1.165) is 11.0 Å². The van der Waals surface area contributed by atoms with Gasteiger partial charge >= 0.3 is 0 Å². The van der Waals surface area contributed by atoms with Crippen molar-refractivity contribution in [2.24, 2.45) is 5.84 Å². The maximum atomic E-state index is 5.70. The van der Waals surface area contributed by atoms with Crippen LogP contribution in [0.4, 0.5) is 0 Å². The van der Waals surface area contributed by atoms with Gasteiger partial charge in [0.25, 0.3) is 0 Å². The van der Waals surface area contributed by atoms with Gasteiger partial charge in [-0.25, -0.2) is 0 Å². The van der Waals surface area contributed by atoms with Crippen LogP contribution in [0, 0.1) is 6.92 Å². The Morgan fingerprint density at radius 2 is 2.06 bits per heavy atom. The lowest BCUT2D eigenvalue weighted by Crippen LogP contribution is -2.30. The summed E-state index contributed by atoms with van der Waals surface area (Å²) in [5, 5.41) is 0.856. The van der Waals surface area contributed by atoms with Crippen LogP contribution >= 0.6 is 11.8 Å². The van der Waals surface area contributed by atoms with E-state index in [1.165, 1.54) is 36.8 Å². The Balaban J connectivity index is 1.94. The highest BCUT2D eigenvalue weighted by atomic mass is 32.2. The van der Waals surface area contributed by atoms with E-state index < -0.39 is 0 Å². The van der Waals surface area contributed by atoms with E-state index in [1.807, 2.05) is 0 Å². The monoisotopic (exact) mass is 250 g/mol. The van der Waals surface area contributed by atoms with Crippen molar-refractivity contribution >= 4 is 11.8 Å². The van der Waals surface area contributed by atoms with Crippen molar-refractivity contribution in [2.45, 2.75) is 43.9 Å². The van der Waals surface area contributed by atoms with E-state index in [2.05, 4.69) is 48.4 Å². The lowest BCUT2D eigenvalue weighted by molar-refractivity contribution is 0.606. The molecule has 1 aromatic carbocycles. The average Bonchev–Trinajstić information content (AvgIpc) is 2.85. The van der Waals surface area contributed by atoms with E-state index in [4.69, 9.17) is 5.84 Å². The van der Waals surface area contributed by atoms with Crippen LogP contribution in [-0.4, -0.2) is 11.0 Å². The van der Waals surface area contributed by atoms with Crippen molar-refractivity contribution in [2.75, 3.05) is 5.75 Å². The molecule has 0 spiro atoms. The molecule has 0 heterocycles. The highest BCUT2D eigenvalue weighted by molar-refractivity contribution is 7.99. The lowest BCUT2D eigenvalue weighted by atomic mass is 10.0. The molecule has 1 saturated carbocycles. The third-order valence-corrected chi connectivity index (χ3v) is 5.03. The van der Waals surface area contributed by atoms with Gasteiger partial charge < -0.3 is 0 Å². The lowest BCUT2D eigenvalue weighted by Gasteiger charge is -2.20. The molecule has 0 aromatic heterocycles.